The van der Waals surface area contributed by atoms with Crippen molar-refractivity contribution in [2.45, 2.75) is 18.7 Å². The van der Waals surface area contributed by atoms with E-state index in [-0.39, 0.29) is 11.2 Å². The Bertz CT molecular complexity index is 1050. The quantitative estimate of drug-likeness (QED) is 0.508. The van der Waals surface area contributed by atoms with Crippen LogP contribution in [0.3, 0.4) is 0 Å². The predicted molar refractivity (Wildman–Crippen MR) is 113 cm³/mol. The Hall–Kier alpha value is -2.79. The Morgan fingerprint density at radius 2 is 1.85 bits per heavy atom. The number of amides is 1. The highest BCUT2D eigenvalue weighted by atomic mass is 32.2. The molecule has 4 rings (SSSR count). The number of H-pyrrole nitrogens is 1. The van der Waals surface area contributed by atoms with Gasteiger partial charge in [-0.1, -0.05) is 54.6 Å². The Kier molecular flexibility index (Phi) is 5.12. The number of carbonyl (C=O) groups excluding carboxylic acids is 1. The highest BCUT2D eigenvalue weighted by Crippen LogP contribution is 2.27. The van der Waals surface area contributed by atoms with Crippen LogP contribution in [0.2, 0.25) is 0 Å². The summed E-state index contributed by atoms with van der Waals surface area (Å²) in [6, 6.07) is 22.4. The van der Waals surface area contributed by atoms with Gasteiger partial charge in [0.25, 0.3) is 0 Å². The molecule has 1 amide bonds. The van der Waals surface area contributed by atoms with Crippen LogP contribution in [0.25, 0.3) is 21.8 Å². The number of hydrogen-bond acceptors (Lipinski definition) is 3. The summed E-state index contributed by atoms with van der Waals surface area (Å²) in [5.41, 5.74) is 3.12. The second kappa shape index (κ2) is 7.84. The van der Waals surface area contributed by atoms with Crippen LogP contribution in [-0.4, -0.2) is 21.6 Å². The van der Waals surface area contributed by atoms with E-state index >= 15 is 0 Å². The van der Waals surface area contributed by atoms with Gasteiger partial charge in [-0.2, -0.15) is 0 Å². The maximum atomic E-state index is 12.3. The standard InChI is InChI=1S/C22H21N3OS/c1-15(22-24-19-11-4-5-12-20(19)25-22)27-14-21(26)23-13-17-9-6-8-16-7-2-3-10-18(16)17/h2-12,15H,13-14H2,1H3,(H,23,26)(H,24,25). The summed E-state index contributed by atoms with van der Waals surface area (Å²) in [4.78, 5) is 20.2. The zero-order valence-corrected chi connectivity index (χ0v) is 15.9. The highest BCUT2D eigenvalue weighted by molar-refractivity contribution is 8.00. The average molecular weight is 375 g/mol. The fourth-order valence-electron chi connectivity index (χ4n) is 3.14. The van der Waals surface area contributed by atoms with Gasteiger partial charge in [-0.15, -0.1) is 11.8 Å². The number of carbonyl (C=O) groups is 1. The number of thioether (sulfide) groups is 1. The molecule has 1 unspecified atom stereocenters. The molecule has 0 aliphatic rings. The lowest BCUT2D eigenvalue weighted by molar-refractivity contribution is -0.118. The fraction of sp³-hybridized carbons (Fsp3) is 0.182. The van der Waals surface area contributed by atoms with E-state index in [1.165, 1.54) is 10.8 Å². The van der Waals surface area contributed by atoms with Gasteiger partial charge in [0.15, 0.2) is 0 Å². The summed E-state index contributed by atoms with van der Waals surface area (Å²) in [5.74, 6) is 1.35. The second-order valence-corrected chi connectivity index (χ2v) is 7.84. The Labute approximate surface area is 162 Å². The summed E-state index contributed by atoms with van der Waals surface area (Å²) < 4.78 is 0. The molecule has 0 spiro atoms. The van der Waals surface area contributed by atoms with E-state index in [4.69, 9.17) is 0 Å². The summed E-state index contributed by atoms with van der Waals surface area (Å²) in [7, 11) is 0. The first-order chi connectivity index (χ1) is 13.2. The van der Waals surface area contributed by atoms with Crippen molar-refractivity contribution in [1.29, 1.82) is 0 Å². The van der Waals surface area contributed by atoms with Crippen molar-refractivity contribution in [2.24, 2.45) is 0 Å². The molecule has 4 aromatic rings. The molecule has 2 N–H and O–H groups in total. The van der Waals surface area contributed by atoms with Gasteiger partial charge in [0.1, 0.15) is 5.82 Å². The number of imidazole rings is 1. The Morgan fingerprint density at radius 1 is 1.07 bits per heavy atom. The third-order valence-corrected chi connectivity index (χ3v) is 5.77. The third-order valence-electron chi connectivity index (χ3n) is 4.61. The van der Waals surface area contributed by atoms with Gasteiger partial charge in [-0.3, -0.25) is 4.79 Å². The molecule has 136 valence electrons. The van der Waals surface area contributed by atoms with Crippen molar-refractivity contribution in [3.8, 4) is 0 Å². The summed E-state index contributed by atoms with van der Waals surface area (Å²) >= 11 is 1.59. The lowest BCUT2D eigenvalue weighted by atomic mass is 10.0. The minimum absolute atomic E-state index is 0.0379. The average Bonchev–Trinajstić information content (AvgIpc) is 3.15. The maximum Gasteiger partial charge on any atom is 0.230 e. The van der Waals surface area contributed by atoms with Gasteiger partial charge >= 0.3 is 0 Å². The van der Waals surface area contributed by atoms with Crippen LogP contribution < -0.4 is 5.32 Å². The summed E-state index contributed by atoms with van der Waals surface area (Å²) in [5, 5.41) is 5.54. The minimum atomic E-state index is 0.0379. The van der Waals surface area contributed by atoms with Crippen LogP contribution >= 0.6 is 11.8 Å². The molecule has 0 bridgehead atoms. The van der Waals surface area contributed by atoms with Crippen LogP contribution in [0.5, 0.6) is 0 Å². The molecule has 3 aromatic carbocycles. The monoisotopic (exact) mass is 375 g/mol. The smallest absolute Gasteiger partial charge is 0.230 e. The topological polar surface area (TPSA) is 57.8 Å². The fourth-order valence-corrected chi connectivity index (χ4v) is 3.91. The number of nitrogens with one attached hydrogen (secondary N) is 2. The van der Waals surface area contributed by atoms with Gasteiger partial charge in [-0.25, -0.2) is 4.98 Å². The predicted octanol–water partition coefficient (Wildman–Crippen LogP) is 4.83. The second-order valence-electron chi connectivity index (χ2n) is 6.51. The van der Waals surface area contributed by atoms with Crippen LogP contribution in [0.1, 0.15) is 23.6 Å². The molecule has 1 aromatic heterocycles. The van der Waals surface area contributed by atoms with Gasteiger partial charge < -0.3 is 10.3 Å². The van der Waals surface area contributed by atoms with E-state index in [1.54, 1.807) is 11.8 Å². The van der Waals surface area contributed by atoms with E-state index in [2.05, 4.69) is 46.5 Å². The molecule has 0 radical (unpaired) electrons. The SMILES string of the molecule is CC(SCC(=O)NCc1cccc2ccccc12)c1nc2ccccc2[nH]1. The molecular weight excluding hydrogens is 354 g/mol. The van der Waals surface area contributed by atoms with Gasteiger partial charge in [0.05, 0.1) is 22.0 Å². The number of fused-ring (bicyclic) bond motifs is 2. The van der Waals surface area contributed by atoms with Gasteiger partial charge in [0.2, 0.25) is 5.91 Å². The molecule has 0 aliphatic heterocycles. The van der Waals surface area contributed by atoms with E-state index in [0.29, 0.717) is 12.3 Å². The lowest BCUT2D eigenvalue weighted by Crippen LogP contribution is -2.25. The third kappa shape index (κ3) is 3.98. The van der Waals surface area contributed by atoms with Crippen molar-refractivity contribution in [3.63, 3.8) is 0 Å². The van der Waals surface area contributed by atoms with Gasteiger partial charge in [-0.05, 0) is 35.4 Å². The summed E-state index contributed by atoms with van der Waals surface area (Å²) in [6.07, 6.45) is 0. The molecule has 0 fully saturated rings. The lowest BCUT2D eigenvalue weighted by Gasteiger charge is -2.10. The van der Waals surface area contributed by atoms with E-state index in [1.807, 2.05) is 42.5 Å². The van der Waals surface area contributed by atoms with Crippen LogP contribution in [0.4, 0.5) is 0 Å². The van der Waals surface area contributed by atoms with Crippen molar-refractivity contribution >= 4 is 39.5 Å². The van der Waals surface area contributed by atoms with E-state index < -0.39 is 0 Å². The zero-order valence-electron chi connectivity index (χ0n) is 15.1. The first-order valence-electron chi connectivity index (χ1n) is 9.00. The van der Waals surface area contributed by atoms with Crippen molar-refractivity contribution in [2.75, 3.05) is 5.75 Å². The number of para-hydroxylation sites is 2. The Balaban J connectivity index is 1.34. The molecule has 0 saturated carbocycles. The number of aromatic nitrogens is 2. The van der Waals surface area contributed by atoms with Gasteiger partial charge in [0, 0.05) is 6.54 Å². The van der Waals surface area contributed by atoms with Crippen molar-refractivity contribution in [1.82, 2.24) is 15.3 Å². The van der Waals surface area contributed by atoms with Crippen LogP contribution in [0.15, 0.2) is 66.7 Å². The summed E-state index contributed by atoms with van der Waals surface area (Å²) in [6.45, 7) is 2.61. The first kappa shape index (κ1) is 17.6. The first-order valence-corrected chi connectivity index (χ1v) is 10.0. The minimum Gasteiger partial charge on any atom is -0.351 e. The van der Waals surface area contributed by atoms with Crippen molar-refractivity contribution < 1.29 is 4.79 Å². The molecule has 0 aliphatic carbocycles. The normalized spacial score (nSPS) is 12.3. The molecular formula is C22H21N3OS. The highest BCUT2D eigenvalue weighted by Gasteiger charge is 2.13. The number of rotatable bonds is 6. The molecule has 1 heterocycles. The maximum absolute atomic E-state index is 12.3. The zero-order chi connectivity index (χ0) is 18.6. The van der Waals surface area contributed by atoms with Crippen molar-refractivity contribution in [3.05, 3.63) is 78.1 Å². The number of nitrogens with zero attached hydrogens (tertiary/aromatic N) is 1. The molecule has 0 saturated heterocycles. The Morgan fingerprint density at radius 3 is 2.74 bits per heavy atom. The number of benzene rings is 3. The van der Waals surface area contributed by atoms with Crippen LogP contribution in [0, 0.1) is 0 Å². The number of hydrogen-bond donors (Lipinski definition) is 2. The van der Waals surface area contributed by atoms with E-state index in [9.17, 15) is 4.79 Å². The largest absolute Gasteiger partial charge is 0.351 e. The molecule has 5 heteroatoms. The van der Waals surface area contributed by atoms with Crippen LogP contribution in [-0.2, 0) is 11.3 Å². The van der Waals surface area contributed by atoms with E-state index in [0.717, 1.165) is 22.4 Å². The molecule has 27 heavy (non-hydrogen) atoms. The molecule has 4 nitrogen and oxygen atoms in total. The number of aromatic amines is 1. The molecule has 1 atom stereocenters.